The molecule has 0 radical (unpaired) electrons. The summed E-state index contributed by atoms with van der Waals surface area (Å²) in [6, 6.07) is 10.6. The third-order valence-corrected chi connectivity index (χ3v) is 4.12. The van der Waals surface area contributed by atoms with Gasteiger partial charge in [0, 0.05) is 16.3 Å². The fraction of sp³-hybridized carbons (Fsp3) is 0.389. The standard InChI is InChI=1S/C18H21BrN2/c1-3-5-6-11-17(20-12-4-2)18-15(19)13-14-9-7-8-10-16(14)21-18/h1,7-10,13,17,20H,4-6,11-12H2,2H3. The van der Waals surface area contributed by atoms with Crippen LogP contribution in [-0.4, -0.2) is 11.5 Å². The zero-order valence-electron chi connectivity index (χ0n) is 12.4. The molecule has 0 fully saturated rings. The van der Waals surface area contributed by atoms with Crippen LogP contribution in [0.15, 0.2) is 34.8 Å². The first kappa shape index (κ1) is 16.0. The van der Waals surface area contributed by atoms with Crippen molar-refractivity contribution in [1.29, 1.82) is 0 Å². The van der Waals surface area contributed by atoms with Gasteiger partial charge >= 0.3 is 0 Å². The maximum atomic E-state index is 5.36. The Morgan fingerprint density at radius 2 is 2.19 bits per heavy atom. The van der Waals surface area contributed by atoms with Gasteiger partial charge in [0.25, 0.3) is 0 Å². The number of halogens is 1. The van der Waals surface area contributed by atoms with Crippen LogP contribution in [0.3, 0.4) is 0 Å². The fourth-order valence-electron chi connectivity index (χ4n) is 2.41. The third-order valence-electron chi connectivity index (χ3n) is 3.49. The Labute approximate surface area is 135 Å². The van der Waals surface area contributed by atoms with Gasteiger partial charge in [0.05, 0.1) is 17.3 Å². The Kier molecular flexibility index (Phi) is 6.22. The Hall–Kier alpha value is -1.37. The van der Waals surface area contributed by atoms with Gasteiger partial charge in [0.1, 0.15) is 0 Å². The molecule has 0 aliphatic carbocycles. The molecule has 2 nitrogen and oxygen atoms in total. The van der Waals surface area contributed by atoms with Crippen LogP contribution in [0.1, 0.15) is 44.3 Å². The normalized spacial score (nSPS) is 12.2. The highest BCUT2D eigenvalue weighted by Gasteiger charge is 2.16. The van der Waals surface area contributed by atoms with Crippen molar-refractivity contribution >= 4 is 26.8 Å². The van der Waals surface area contributed by atoms with Gasteiger partial charge in [-0.1, -0.05) is 25.1 Å². The van der Waals surface area contributed by atoms with Crippen LogP contribution in [0.4, 0.5) is 0 Å². The minimum absolute atomic E-state index is 0.247. The summed E-state index contributed by atoms with van der Waals surface area (Å²) in [5.74, 6) is 2.71. The van der Waals surface area contributed by atoms with Gasteiger partial charge in [0.15, 0.2) is 0 Å². The van der Waals surface area contributed by atoms with Gasteiger partial charge in [-0.25, -0.2) is 4.98 Å². The minimum atomic E-state index is 0.247. The maximum absolute atomic E-state index is 5.36. The van der Waals surface area contributed by atoms with Crippen LogP contribution >= 0.6 is 15.9 Å². The number of fused-ring (bicyclic) bond motifs is 1. The van der Waals surface area contributed by atoms with E-state index in [9.17, 15) is 0 Å². The zero-order chi connectivity index (χ0) is 15.1. The second-order valence-corrected chi connectivity index (χ2v) is 6.01. The highest BCUT2D eigenvalue weighted by Crippen LogP contribution is 2.28. The largest absolute Gasteiger partial charge is 0.309 e. The van der Waals surface area contributed by atoms with E-state index in [0.29, 0.717) is 0 Å². The summed E-state index contributed by atoms with van der Waals surface area (Å²) in [7, 11) is 0. The molecule has 0 spiro atoms. The molecule has 0 saturated heterocycles. The van der Waals surface area contributed by atoms with Gasteiger partial charge in [-0.05, 0) is 53.9 Å². The summed E-state index contributed by atoms with van der Waals surface area (Å²) in [6.45, 7) is 3.16. The van der Waals surface area contributed by atoms with Crippen LogP contribution < -0.4 is 5.32 Å². The van der Waals surface area contributed by atoms with Crippen molar-refractivity contribution in [1.82, 2.24) is 10.3 Å². The third kappa shape index (κ3) is 4.30. The van der Waals surface area contributed by atoms with Crippen molar-refractivity contribution < 1.29 is 0 Å². The predicted molar refractivity (Wildman–Crippen MR) is 93.2 cm³/mol. The highest BCUT2D eigenvalue weighted by molar-refractivity contribution is 9.10. The Morgan fingerprint density at radius 1 is 1.38 bits per heavy atom. The molecular formula is C18H21BrN2. The first-order valence-electron chi connectivity index (χ1n) is 7.48. The number of benzene rings is 1. The highest BCUT2D eigenvalue weighted by atomic mass is 79.9. The molecule has 0 amide bonds. The van der Waals surface area contributed by atoms with Crippen LogP contribution in [-0.2, 0) is 0 Å². The molecule has 1 aromatic heterocycles. The zero-order valence-corrected chi connectivity index (χ0v) is 14.0. The molecule has 1 aromatic carbocycles. The fourth-order valence-corrected chi connectivity index (χ4v) is 3.02. The Morgan fingerprint density at radius 3 is 2.95 bits per heavy atom. The van der Waals surface area contributed by atoms with E-state index in [2.05, 4.69) is 52.3 Å². The van der Waals surface area contributed by atoms with E-state index in [1.807, 2.05) is 12.1 Å². The summed E-state index contributed by atoms with van der Waals surface area (Å²) in [6.07, 6.45) is 9.31. The van der Waals surface area contributed by atoms with Crippen molar-refractivity contribution in [2.75, 3.05) is 6.54 Å². The van der Waals surface area contributed by atoms with E-state index < -0.39 is 0 Å². The molecule has 110 valence electrons. The average molecular weight is 345 g/mol. The number of hydrogen-bond acceptors (Lipinski definition) is 2. The molecular weight excluding hydrogens is 324 g/mol. The molecule has 0 aliphatic heterocycles. The molecule has 1 heterocycles. The number of nitrogens with one attached hydrogen (secondary N) is 1. The Bertz CT molecular complexity index is 631. The topological polar surface area (TPSA) is 24.9 Å². The lowest BCUT2D eigenvalue weighted by atomic mass is 10.0. The monoisotopic (exact) mass is 344 g/mol. The summed E-state index contributed by atoms with van der Waals surface area (Å²) in [5, 5.41) is 4.75. The summed E-state index contributed by atoms with van der Waals surface area (Å²) in [5.41, 5.74) is 2.12. The SMILES string of the molecule is C#CCCCC(NCCC)c1nc2ccccc2cc1Br. The molecule has 1 N–H and O–H groups in total. The number of para-hydroxylation sites is 1. The smallest absolute Gasteiger partial charge is 0.0722 e. The van der Waals surface area contributed by atoms with E-state index in [4.69, 9.17) is 11.4 Å². The van der Waals surface area contributed by atoms with Crippen molar-refractivity contribution in [3.05, 3.63) is 40.5 Å². The number of terminal acetylenes is 1. The van der Waals surface area contributed by atoms with Gasteiger partial charge in [-0.3, -0.25) is 0 Å². The predicted octanol–water partition coefficient (Wildman–Crippen LogP) is 4.84. The number of hydrogen-bond donors (Lipinski definition) is 1. The molecule has 3 heteroatoms. The lowest BCUT2D eigenvalue weighted by Crippen LogP contribution is -2.23. The quantitative estimate of drug-likeness (QED) is 0.574. The number of nitrogens with zero attached hydrogens (tertiary/aromatic N) is 1. The van der Waals surface area contributed by atoms with E-state index in [0.717, 1.165) is 53.3 Å². The van der Waals surface area contributed by atoms with Crippen LogP contribution in [0.2, 0.25) is 0 Å². The molecule has 0 aliphatic rings. The second kappa shape index (κ2) is 8.17. The number of unbranched alkanes of at least 4 members (excludes halogenated alkanes) is 1. The average Bonchev–Trinajstić information content (AvgIpc) is 2.50. The van der Waals surface area contributed by atoms with E-state index in [-0.39, 0.29) is 6.04 Å². The van der Waals surface area contributed by atoms with Crippen molar-refractivity contribution in [2.45, 2.75) is 38.6 Å². The van der Waals surface area contributed by atoms with Crippen molar-refractivity contribution in [3.8, 4) is 12.3 Å². The van der Waals surface area contributed by atoms with Gasteiger partial charge in [0.2, 0.25) is 0 Å². The van der Waals surface area contributed by atoms with Crippen LogP contribution in [0.25, 0.3) is 10.9 Å². The lowest BCUT2D eigenvalue weighted by Gasteiger charge is -2.19. The summed E-state index contributed by atoms with van der Waals surface area (Å²) in [4.78, 5) is 4.85. The molecule has 0 saturated carbocycles. The van der Waals surface area contributed by atoms with Crippen molar-refractivity contribution in [3.63, 3.8) is 0 Å². The van der Waals surface area contributed by atoms with Gasteiger partial charge < -0.3 is 5.32 Å². The van der Waals surface area contributed by atoms with Gasteiger partial charge in [-0.15, -0.1) is 12.3 Å². The maximum Gasteiger partial charge on any atom is 0.0722 e. The molecule has 2 rings (SSSR count). The molecule has 1 unspecified atom stereocenters. The lowest BCUT2D eigenvalue weighted by molar-refractivity contribution is 0.477. The molecule has 1 atom stereocenters. The van der Waals surface area contributed by atoms with E-state index >= 15 is 0 Å². The number of pyridine rings is 1. The number of aromatic nitrogens is 1. The summed E-state index contributed by atoms with van der Waals surface area (Å²) >= 11 is 3.68. The molecule has 0 bridgehead atoms. The second-order valence-electron chi connectivity index (χ2n) is 5.15. The Balaban J connectivity index is 2.28. The first-order valence-corrected chi connectivity index (χ1v) is 8.27. The van der Waals surface area contributed by atoms with Crippen LogP contribution in [0, 0.1) is 12.3 Å². The molecule has 21 heavy (non-hydrogen) atoms. The first-order chi connectivity index (χ1) is 10.3. The number of rotatable bonds is 7. The summed E-state index contributed by atoms with van der Waals surface area (Å²) < 4.78 is 1.07. The van der Waals surface area contributed by atoms with E-state index in [1.165, 1.54) is 0 Å². The van der Waals surface area contributed by atoms with E-state index in [1.54, 1.807) is 0 Å². The minimum Gasteiger partial charge on any atom is -0.309 e. The van der Waals surface area contributed by atoms with Crippen molar-refractivity contribution in [2.24, 2.45) is 0 Å². The van der Waals surface area contributed by atoms with Crippen LogP contribution in [0.5, 0.6) is 0 Å². The molecule has 2 aromatic rings. The van der Waals surface area contributed by atoms with Gasteiger partial charge in [-0.2, -0.15) is 0 Å².